The first-order chi connectivity index (χ1) is 17.5. The fraction of sp³-hybridized carbons (Fsp3) is 0.571. The van der Waals surface area contributed by atoms with E-state index in [1.54, 1.807) is 24.5 Å². The molecule has 0 amide bonds. The third-order valence-corrected chi connectivity index (χ3v) is 10.9. The molecule has 0 unspecified atom stereocenters. The molecule has 9 atom stereocenters. The summed E-state index contributed by atoms with van der Waals surface area (Å²) in [6.07, 6.45) is 5.53. The number of carbonyl (C=O) groups is 2. The highest BCUT2D eigenvalue weighted by molar-refractivity contribution is 7.10. The van der Waals surface area contributed by atoms with Gasteiger partial charge in [-0.2, -0.15) is 0 Å². The second-order valence-electron chi connectivity index (χ2n) is 11.4. The van der Waals surface area contributed by atoms with E-state index in [4.69, 9.17) is 9.47 Å². The topological polar surface area (TPSA) is 93.1 Å². The Hall–Kier alpha value is -2.04. The molecule has 2 N–H and O–H groups in total. The number of carbonyl (C=O) groups excluding carboxylic acids is 2. The molecule has 4 fully saturated rings. The van der Waals surface area contributed by atoms with Crippen LogP contribution in [-0.4, -0.2) is 58.2 Å². The largest absolute Gasteiger partial charge is 0.390 e. The number of alkyl halides is 1. The minimum absolute atomic E-state index is 0.0725. The Morgan fingerprint density at radius 2 is 2.11 bits per heavy atom. The highest BCUT2D eigenvalue weighted by atomic mass is 32.1. The van der Waals surface area contributed by atoms with Gasteiger partial charge in [-0.15, -0.1) is 11.3 Å². The number of hydrogen-bond donors (Lipinski definition) is 2. The molecular formula is C28H30F2O6S. The first kappa shape index (κ1) is 25.2. The second kappa shape index (κ2) is 8.23. The molecule has 1 saturated heterocycles. The molecule has 0 radical (unpaired) electrons. The molecule has 9 heteroatoms. The molecule has 0 bridgehead atoms. The van der Waals surface area contributed by atoms with E-state index < -0.39 is 58.9 Å². The summed E-state index contributed by atoms with van der Waals surface area (Å²) in [6, 6.07) is 1.35. The summed E-state index contributed by atoms with van der Waals surface area (Å²) in [5.74, 6) is -2.11. The maximum atomic E-state index is 17.3. The van der Waals surface area contributed by atoms with Gasteiger partial charge in [0, 0.05) is 16.7 Å². The van der Waals surface area contributed by atoms with Crippen LogP contribution in [0.2, 0.25) is 0 Å². The van der Waals surface area contributed by atoms with Gasteiger partial charge in [-0.25, -0.2) is 8.78 Å². The monoisotopic (exact) mass is 532 g/mol. The molecule has 1 aromatic rings. The first-order valence-corrected chi connectivity index (χ1v) is 13.6. The van der Waals surface area contributed by atoms with Gasteiger partial charge in [0.1, 0.15) is 12.4 Å². The first-order valence-electron chi connectivity index (χ1n) is 12.7. The number of Topliss-reactive ketones (excluding diaryl/α,β-unsaturated/α-hetero) is 1. The quantitative estimate of drug-likeness (QED) is 0.611. The Morgan fingerprint density at radius 3 is 2.81 bits per heavy atom. The summed E-state index contributed by atoms with van der Waals surface area (Å²) in [6.45, 7) is 2.78. The molecule has 0 spiro atoms. The Labute approximate surface area is 217 Å². The molecule has 198 valence electrons. The van der Waals surface area contributed by atoms with E-state index in [0.29, 0.717) is 29.7 Å². The number of aliphatic hydroxyl groups is 2. The number of aliphatic hydroxyl groups excluding tert-OH is 2. The van der Waals surface area contributed by atoms with Crippen LogP contribution in [-0.2, 0) is 19.1 Å². The van der Waals surface area contributed by atoms with Crippen LogP contribution in [0.5, 0.6) is 0 Å². The molecule has 6 nitrogen and oxygen atoms in total. The Kier molecular flexibility index (Phi) is 5.62. The lowest BCUT2D eigenvalue weighted by atomic mass is 9.44. The van der Waals surface area contributed by atoms with E-state index in [1.165, 1.54) is 35.6 Å². The van der Waals surface area contributed by atoms with Crippen LogP contribution in [0, 0.1) is 28.5 Å². The zero-order valence-electron chi connectivity index (χ0n) is 20.7. The van der Waals surface area contributed by atoms with Gasteiger partial charge in [-0.3, -0.25) is 9.59 Å². The smallest absolute Gasteiger partial charge is 0.193 e. The normalized spacial score (nSPS) is 46.4. The predicted octanol–water partition coefficient (Wildman–Crippen LogP) is 3.92. The fourth-order valence-corrected chi connectivity index (χ4v) is 8.95. The van der Waals surface area contributed by atoms with Gasteiger partial charge in [0.15, 0.2) is 29.1 Å². The molecule has 1 aliphatic heterocycles. The average Bonchev–Trinajstić information content (AvgIpc) is 3.51. The van der Waals surface area contributed by atoms with Crippen molar-refractivity contribution in [1.29, 1.82) is 0 Å². The van der Waals surface area contributed by atoms with Crippen molar-refractivity contribution in [3.63, 3.8) is 0 Å². The number of ether oxygens (including phenoxy) is 2. The zero-order chi connectivity index (χ0) is 26.4. The van der Waals surface area contributed by atoms with E-state index >= 15 is 4.39 Å². The summed E-state index contributed by atoms with van der Waals surface area (Å²) >= 11 is 1.22. The minimum atomic E-state index is -2.05. The fourth-order valence-electron chi connectivity index (χ4n) is 8.28. The van der Waals surface area contributed by atoms with Gasteiger partial charge in [-0.05, 0) is 74.3 Å². The predicted molar refractivity (Wildman–Crippen MR) is 132 cm³/mol. The summed E-state index contributed by atoms with van der Waals surface area (Å²) in [5, 5.41) is 23.1. The van der Waals surface area contributed by atoms with Gasteiger partial charge in [-0.1, -0.05) is 18.6 Å². The maximum Gasteiger partial charge on any atom is 0.193 e. The van der Waals surface area contributed by atoms with Gasteiger partial charge in [0.25, 0.3) is 0 Å². The van der Waals surface area contributed by atoms with Crippen LogP contribution < -0.4 is 0 Å². The molecule has 5 aliphatic rings. The third kappa shape index (κ3) is 3.09. The Bertz CT molecular complexity index is 1250. The van der Waals surface area contributed by atoms with Gasteiger partial charge >= 0.3 is 0 Å². The average molecular weight is 533 g/mol. The van der Waals surface area contributed by atoms with Gasteiger partial charge < -0.3 is 19.7 Å². The van der Waals surface area contributed by atoms with Crippen molar-refractivity contribution in [2.75, 3.05) is 6.61 Å². The van der Waals surface area contributed by atoms with E-state index in [2.05, 4.69) is 0 Å². The number of allylic oxidation sites excluding steroid dienone is 4. The van der Waals surface area contributed by atoms with Crippen molar-refractivity contribution >= 4 is 29.0 Å². The lowest BCUT2D eigenvalue weighted by molar-refractivity contribution is -0.226. The molecule has 37 heavy (non-hydrogen) atoms. The van der Waals surface area contributed by atoms with Crippen LogP contribution in [0.25, 0.3) is 6.08 Å². The second-order valence-corrected chi connectivity index (χ2v) is 12.4. The molecule has 4 aliphatic carbocycles. The number of halogens is 2. The van der Waals surface area contributed by atoms with Crippen LogP contribution in [0.4, 0.5) is 8.78 Å². The van der Waals surface area contributed by atoms with Crippen LogP contribution >= 0.6 is 11.3 Å². The van der Waals surface area contributed by atoms with E-state index in [1.807, 2.05) is 6.92 Å². The van der Waals surface area contributed by atoms with E-state index in [-0.39, 0.29) is 23.9 Å². The maximum absolute atomic E-state index is 17.3. The molecule has 2 heterocycles. The minimum Gasteiger partial charge on any atom is -0.390 e. The highest BCUT2D eigenvalue weighted by Crippen LogP contribution is 2.71. The van der Waals surface area contributed by atoms with Crippen LogP contribution in [0.1, 0.15) is 44.4 Å². The van der Waals surface area contributed by atoms with Crippen molar-refractivity contribution in [2.45, 2.75) is 69.3 Å². The van der Waals surface area contributed by atoms with Crippen molar-refractivity contribution in [3.05, 3.63) is 52.0 Å². The van der Waals surface area contributed by atoms with Crippen LogP contribution in [0.3, 0.4) is 0 Å². The number of rotatable bonds is 4. The number of hydrogen-bond acceptors (Lipinski definition) is 7. The van der Waals surface area contributed by atoms with Crippen LogP contribution in [0.15, 0.2) is 41.3 Å². The summed E-state index contributed by atoms with van der Waals surface area (Å²) in [7, 11) is 0. The molecule has 6 rings (SSSR count). The van der Waals surface area contributed by atoms with Crippen molar-refractivity contribution in [2.24, 2.45) is 22.7 Å². The molecular weight excluding hydrogens is 502 g/mol. The Balaban J connectivity index is 1.38. The SMILES string of the molecule is C[C@]12C=CC(=O)C=C1CC[C@H]1[C@@H]3C[C@H]4O[C@@H](/C=C/c5sccc5F)O[C@@]4(C(=O)CO)[C@@]3(C)C[C@H](O)[C@@]12F. The number of thiophene rings is 1. The summed E-state index contributed by atoms with van der Waals surface area (Å²) < 4.78 is 43.7. The lowest BCUT2D eigenvalue weighted by Gasteiger charge is -2.62. The summed E-state index contributed by atoms with van der Waals surface area (Å²) in [5.41, 5.74) is -5.10. The zero-order valence-corrected chi connectivity index (χ0v) is 21.5. The van der Waals surface area contributed by atoms with E-state index in [0.717, 1.165) is 0 Å². The lowest BCUT2D eigenvalue weighted by Crippen LogP contribution is -2.69. The van der Waals surface area contributed by atoms with Gasteiger partial charge in [0.2, 0.25) is 0 Å². The standard InChI is InChI=1S/C28H30F2O6S/c1-25-9-7-16(32)11-15(25)3-4-17-18-12-23-28(22(34)14-31,26(18,2)13-21(33)27(17,25)30)36-24(35-23)6-5-20-19(29)8-10-37-20/h5-11,17-18,21,23-24,31,33H,3-4,12-14H2,1-2H3/b6-5+/t17-,18-,21-,23+,24+,25-,26-,27-,28+/m0/s1. The summed E-state index contributed by atoms with van der Waals surface area (Å²) in [4.78, 5) is 25.8. The number of fused-ring (bicyclic) bond motifs is 7. The molecule has 3 saturated carbocycles. The van der Waals surface area contributed by atoms with Crippen molar-refractivity contribution in [3.8, 4) is 0 Å². The third-order valence-electron chi connectivity index (χ3n) is 10.0. The highest BCUT2D eigenvalue weighted by Gasteiger charge is 2.79. The van der Waals surface area contributed by atoms with Gasteiger partial charge in [0.05, 0.1) is 17.1 Å². The molecule has 1 aromatic heterocycles. The van der Waals surface area contributed by atoms with E-state index in [9.17, 15) is 24.2 Å². The van der Waals surface area contributed by atoms with Crippen molar-refractivity contribution < 1.29 is 38.1 Å². The Morgan fingerprint density at radius 1 is 1.32 bits per heavy atom. The van der Waals surface area contributed by atoms with Crippen molar-refractivity contribution in [1.82, 2.24) is 0 Å². The molecule has 0 aromatic carbocycles. The number of ketones is 2.